The van der Waals surface area contributed by atoms with E-state index in [1.165, 1.54) is 26.1 Å². The van der Waals surface area contributed by atoms with Crippen LogP contribution in [0.3, 0.4) is 0 Å². The summed E-state index contributed by atoms with van der Waals surface area (Å²) in [4.78, 5) is 7.17. The zero-order valence-corrected chi connectivity index (χ0v) is 15.8. The number of likely N-dealkylation sites (tertiary alicyclic amines) is 1. The molecule has 2 heterocycles. The minimum absolute atomic E-state index is 0.505. The molecule has 0 aliphatic carbocycles. The van der Waals surface area contributed by atoms with E-state index in [9.17, 15) is 0 Å². The molecule has 0 saturated carbocycles. The van der Waals surface area contributed by atoms with Crippen molar-refractivity contribution in [3.8, 4) is 11.5 Å². The predicted octanol–water partition coefficient (Wildman–Crippen LogP) is 3.16. The smallest absolute Gasteiger partial charge is 0.140 e. The molecular weight excluding hydrogens is 334 g/mol. The second-order valence-corrected chi connectivity index (χ2v) is 7.32. The van der Waals surface area contributed by atoms with Gasteiger partial charge in [-0.1, -0.05) is 6.92 Å². The van der Waals surface area contributed by atoms with Gasteiger partial charge in [-0.25, -0.2) is 4.98 Å². The molecule has 1 saturated heterocycles. The van der Waals surface area contributed by atoms with Crippen LogP contribution in [0.1, 0.15) is 24.0 Å². The van der Waals surface area contributed by atoms with Gasteiger partial charge in [-0.2, -0.15) is 0 Å². The number of nitrogens with zero attached hydrogens (tertiary/aromatic N) is 2. The Labute approximate surface area is 154 Å². The van der Waals surface area contributed by atoms with Gasteiger partial charge in [0.25, 0.3) is 0 Å². The Morgan fingerprint density at radius 1 is 1.28 bits per heavy atom. The van der Waals surface area contributed by atoms with Crippen molar-refractivity contribution in [1.82, 2.24) is 15.2 Å². The van der Waals surface area contributed by atoms with Crippen LogP contribution in [0.15, 0.2) is 29.6 Å². The highest BCUT2D eigenvalue weighted by atomic mass is 32.1. The molecule has 3 rings (SSSR count). The Kier molecular flexibility index (Phi) is 6.67. The summed E-state index contributed by atoms with van der Waals surface area (Å²) in [5.41, 5.74) is 1.10. The van der Waals surface area contributed by atoms with E-state index in [-0.39, 0.29) is 0 Å². The lowest BCUT2D eigenvalue weighted by molar-refractivity contribution is 0.304. The molecule has 136 valence electrons. The minimum Gasteiger partial charge on any atom is -0.497 e. The summed E-state index contributed by atoms with van der Waals surface area (Å²) in [7, 11) is 1.66. The summed E-state index contributed by atoms with van der Waals surface area (Å²) in [6.07, 6.45) is 1.30. The molecule has 0 spiro atoms. The lowest BCUT2D eigenvalue weighted by atomic mass is 10.1. The standard InChI is InChI=1S/C19H27N3O2S/c1-3-22-9-8-15(12-22)10-20-11-16-14-25-19(21-16)13-24-18-6-4-17(23-2)5-7-18/h4-7,14-15,20H,3,8-13H2,1-2H3. The SMILES string of the molecule is CCN1CCC(CNCc2csc(COc3ccc(OC)cc3)n2)C1. The van der Waals surface area contributed by atoms with E-state index in [4.69, 9.17) is 9.47 Å². The first kappa shape index (κ1) is 18.2. The topological polar surface area (TPSA) is 46.6 Å². The molecule has 0 bridgehead atoms. The zero-order valence-electron chi connectivity index (χ0n) is 15.0. The molecule has 1 aliphatic heterocycles. The monoisotopic (exact) mass is 361 g/mol. The van der Waals surface area contributed by atoms with Gasteiger partial charge in [-0.05, 0) is 56.2 Å². The molecule has 0 radical (unpaired) electrons. The number of rotatable bonds is 9. The van der Waals surface area contributed by atoms with Gasteiger partial charge in [-0.15, -0.1) is 11.3 Å². The fourth-order valence-electron chi connectivity index (χ4n) is 3.08. The first-order valence-electron chi connectivity index (χ1n) is 8.90. The zero-order chi connectivity index (χ0) is 17.5. The van der Waals surface area contributed by atoms with E-state index >= 15 is 0 Å². The molecule has 1 aromatic heterocycles. The summed E-state index contributed by atoms with van der Waals surface area (Å²) in [5, 5.41) is 6.67. The van der Waals surface area contributed by atoms with Crippen LogP contribution in [0.5, 0.6) is 11.5 Å². The Morgan fingerprint density at radius 2 is 2.08 bits per heavy atom. The fraction of sp³-hybridized carbons (Fsp3) is 0.526. The average Bonchev–Trinajstić information content (AvgIpc) is 3.30. The molecule has 1 N–H and O–H groups in total. The molecule has 1 atom stereocenters. The van der Waals surface area contributed by atoms with Gasteiger partial charge in [0.15, 0.2) is 0 Å². The third kappa shape index (κ3) is 5.42. The number of benzene rings is 1. The highest BCUT2D eigenvalue weighted by Gasteiger charge is 2.20. The molecule has 1 aromatic carbocycles. The summed E-state index contributed by atoms with van der Waals surface area (Å²) >= 11 is 1.65. The van der Waals surface area contributed by atoms with E-state index in [0.29, 0.717) is 6.61 Å². The lowest BCUT2D eigenvalue weighted by Gasteiger charge is -2.13. The van der Waals surface area contributed by atoms with Gasteiger partial charge in [-0.3, -0.25) is 0 Å². The van der Waals surface area contributed by atoms with Crippen molar-refractivity contribution in [2.24, 2.45) is 5.92 Å². The Balaban J connectivity index is 1.38. The third-order valence-corrected chi connectivity index (χ3v) is 5.45. The van der Waals surface area contributed by atoms with Crippen molar-refractivity contribution in [2.75, 3.05) is 33.3 Å². The molecule has 5 nitrogen and oxygen atoms in total. The highest BCUT2D eigenvalue weighted by Crippen LogP contribution is 2.19. The normalized spacial score (nSPS) is 17.8. The van der Waals surface area contributed by atoms with Crippen molar-refractivity contribution < 1.29 is 9.47 Å². The van der Waals surface area contributed by atoms with Crippen molar-refractivity contribution >= 4 is 11.3 Å². The molecule has 25 heavy (non-hydrogen) atoms. The van der Waals surface area contributed by atoms with Crippen LogP contribution in [-0.2, 0) is 13.2 Å². The van der Waals surface area contributed by atoms with E-state index < -0.39 is 0 Å². The fourth-order valence-corrected chi connectivity index (χ4v) is 3.79. The molecule has 6 heteroatoms. The number of thiazole rings is 1. The summed E-state index contributed by atoms with van der Waals surface area (Å²) < 4.78 is 10.9. The van der Waals surface area contributed by atoms with Crippen molar-refractivity contribution in [1.29, 1.82) is 0 Å². The minimum atomic E-state index is 0.505. The van der Waals surface area contributed by atoms with E-state index in [2.05, 4.69) is 27.5 Å². The summed E-state index contributed by atoms with van der Waals surface area (Å²) in [5.74, 6) is 2.44. The third-order valence-electron chi connectivity index (χ3n) is 4.58. The van der Waals surface area contributed by atoms with Gasteiger partial charge >= 0.3 is 0 Å². The van der Waals surface area contributed by atoms with E-state index in [0.717, 1.165) is 41.2 Å². The molecule has 2 aromatic rings. The molecule has 1 aliphatic rings. The Bertz CT molecular complexity index is 644. The Hall–Kier alpha value is -1.63. The first-order chi connectivity index (χ1) is 12.3. The van der Waals surface area contributed by atoms with Crippen LogP contribution in [0.4, 0.5) is 0 Å². The number of hydrogen-bond donors (Lipinski definition) is 1. The van der Waals surface area contributed by atoms with Crippen LogP contribution in [-0.4, -0.2) is 43.2 Å². The van der Waals surface area contributed by atoms with Crippen molar-refractivity contribution in [2.45, 2.75) is 26.5 Å². The van der Waals surface area contributed by atoms with Gasteiger partial charge in [0.05, 0.1) is 12.8 Å². The quantitative estimate of drug-likeness (QED) is 0.743. The first-order valence-corrected chi connectivity index (χ1v) is 9.78. The number of ether oxygens (including phenoxy) is 2. The number of nitrogens with one attached hydrogen (secondary N) is 1. The number of methoxy groups -OCH3 is 1. The van der Waals surface area contributed by atoms with E-state index in [1.54, 1.807) is 18.4 Å². The maximum absolute atomic E-state index is 5.78. The predicted molar refractivity (Wildman–Crippen MR) is 101 cm³/mol. The van der Waals surface area contributed by atoms with Gasteiger partial charge in [0.2, 0.25) is 0 Å². The maximum Gasteiger partial charge on any atom is 0.140 e. The highest BCUT2D eigenvalue weighted by molar-refractivity contribution is 7.09. The number of aromatic nitrogens is 1. The van der Waals surface area contributed by atoms with Crippen LogP contribution < -0.4 is 14.8 Å². The average molecular weight is 362 g/mol. The number of hydrogen-bond acceptors (Lipinski definition) is 6. The van der Waals surface area contributed by atoms with Crippen LogP contribution in [0.2, 0.25) is 0 Å². The largest absolute Gasteiger partial charge is 0.497 e. The van der Waals surface area contributed by atoms with Gasteiger partial charge < -0.3 is 19.7 Å². The second kappa shape index (κ2) is 9.17. The molecule has 0 amide bonds. The summed E-state index contributed by atoms with van der Waals surface area (Å²) in [6.45, 7) is 8.28. The van der Waals surface area contributed by atoms with Crippen LogP contribution in [0, 0.1) is 5.92 Å². The van der Waals surface area contributed by atoms with Gasteiger partial charge in [0.1, 0.15) is 23.1 Å². The lowest BCUT2D eigenvalue weighted by Crippen LogP contribution is -2.26. The molecular formula is C19H27N3O2S. The van der Waals surface area contributed by atoms with Crippen molar-refractivity contribution in [3.63, 3.8) is 0 Å². The van der Waals surface area contributed by atoms with Crippen LogP contribution >= 0.6 is 11.3 Å². The Morgan fingerprint density at radius 3 is 2.80 bits per heavy atom. The molecule has 1 fully saturated rings. The molecule has 1 unspecified atom stereocenters. The maximum atomic E-state index is 5.78. The second-order valence-electron chi connectivity index (χ2n) is 6.38. The van der Waals surface area contributed by atoms with E-state index in [1.807, 2.05) is 24.3 Å². The van der Waals surface area contributed by atoms with Crippen LogP contribution in [0.25, 0.3) is 0 Å². The summed E-state index contributed by atoms with van der Waals surface area (Å²) in [6, 6.07) is 7.62. The van der Waals surface area contributed by atoms with Crippen molar-refractivity contribution in [3.05, 3.63) is 40.3 Å². The van der Waals surface area contributed by atoms with Gasteiger partial charge in [0, 0.05) is 18.5 Å².